The molecule has 0 N–H and O–H groups in total. The summed E-state index contributed by atoms with van der Waals surface area (Å²) in [4.78, 5) is 0. The second-order valence-corrected chi connectivity index (χ2v) is 3.46. The van der Waals surface area contributed by atoms with Gasteiger partial charge in [-0.25, -0.2) is 0 Å². The minimum absolute atomic E-state index is 0. The fraction of sp³-hybridized carbons (Fsp3) is 0. The van der Waals surface area contributed by atoms with E-state index in [-0.39, 0.29) is 17.0 Å². The first-order valence-electron chi connectivity index (χ1n) is 4.11. The summed E-state index contributed by atoms with van der Waals surface area (Å²) in [6.45, 7) is 0. The van der Waals surface area contributed by atoms with Crippen molar-refractivity contribution in [1.82, 2.24) is 0 Å². The van der Waals surface area contributed by atoms with Gasteiger partial charge in [-0.1, -0.05) is 41.7 Å². The molecule has 1 aromatic carbocycles. The van der Waals surface area contributed by atoms with Crippen LogP contribution in [0.4, 0.5) is 0 Å². The highest BCUT2D eigenvalue weighted by molar-refractivity contribution is 7.07. The second kappa shape index (κ2) is 5.73. The maximum absolute atomic E-state index is 2.09. The lowest BCUT2D eigenvalue weighted by Crippen LogP contribution is -3.00. The first-order valence-corrected chi connectivity index (χ1v) is 5.05. The zero-order chi connectivity index (χ0) is 8.93. The molecule has 72 valence electrons. The number of thiazole rings is 1. The van der Waals surface area contributed by atoms with Crippen LogP contribution in [0.15, 0.2) is 47.4 Å². The molecule has 1 nitrogen and oxygen atoms in total. The van der Waals surface area contributed by atoms with E-state index in [1.165, 1.54) is 5.56 Å². The number of nitrogens with zero attached hydrogens (tertiary/aromatic N) is 1. The smallest absolute Gasteiger partial charge is 0.230 e. The molecule has 0 aliphatic heterocycles. The van der Waals surface area contributed by atoms with Gasteiger partial charge in [0.05, 0.1) is 5.38 Å². The van der Waals surface area contributed by atoms with Crippen molar-refractivity contribution in [2.24, 2.45) is 0 Å². The van der Waals surface area contributed by atoms with Gasteiger partial charge in [-0.15, -0.1) is 0 Å². The molecule has 0 amide bonds. The highest BCUT2D eigenvalue weighted by Gasteiger charge is 1.91. The number of halogens is 1. The largest absolute Gasteiger partial charge is 1.00 e. The Hall–Kier alpha value is -0.930. The molecular formula is C11H10BrNS. The fourth-order valence-corrected chi connectivity index (χ4v) is 1.63. The molecule has 0 saturated heterocycles. The lowest BCUT2D eigenvalue weighted by molar-refractivity contribution is -0.561. The molecule has 0 unspecified atom stereocenters. The molecule has 0 saturated carbocycles. The molecule has 0 atom stereocenters. The molecule has 3 heteroatoms. The molecule has 0 aliphatic rings. The summed E-state index contributed by atoms with van der Waals surface area (Å²) >= 11 is 1.69. The summed E-state index contributed by atoms with van der Waals surface area (Å²) in [5.41, 5.74) is 3.28. The Morgan fingerprint density at radius 2 is 1.93 bits per heavy atom. The second-order valence-electron chi connectivity index (χ2n) is 2.70. The first kappa shape index (κ1) is 11.1. The van der Waals surface area contributed by atoms with Crippen LogP contribution >= 0.6 is 11.3 Å². The monoisotopic (exact) mass is 267 g/mol. The van der Waals surface area contributed by atoms with Crippen LogP contribution in [0.2, 0.25) is 0 Å². The van der Waals surface area contributed by atoms with Gasteiger partial charge in [0.1, 0.15) is 0 Å². The van der Waals surface area contributed by atoms with Gasteiger partial charge in [-0.3, -0.25) is 0 Å². The number of hydrogen-bond acceptors (Lipinski definition) is 1. The van der Waals surface area contributed by atoms with Gasteiger partial charge < -0.3 is 17.0 Å². The fourth-order valence-electron chi connectivity index (χ4n) is 1.07. The minimum atomic E-state index is 0. The quantitative estimate of drug-likeness (QED) is 0.657. The van der Waals surface area contributed by atoms with E-state index >= 15 is 0 Å². The third-order valence-electron chi connectivity index (χ3n) is 1.73. The van der Waals surface area contributed by atoms with E-state index in [1.54, 1.807) is 11.3 Å². The van der Waals surface area contributed by atoms with Gasteiger partial charge in [-0.05, 0) is 5.56 Å². The summed E-state index contributed by atoms with van der Waals surface area (Å²) in [5.74, 6) is 0. The van der Waals surface area contributed by atoms with E-state index in [9.17, 15) is 0 Å². The minimum Gasteiger partial charge on any atom is -1.00 e. The predicted molar refractivity (Wildman–Crippen MR) is 56.2 cm³/mol. The Morgan fingerprint density at radius 1 is 1.14 bits per heavy atom. The maximum Gasteiger partial charge on any atom is 0.230 e. The van der Waals surface area contributed by atoms with Gasteiger partial charge in [0.25, 0.3) is 0 Å². The number of aromatic nitrogens is 1. The highest BCUT2D eigenvalue weighted by atomic mass is 79.9. The normalized spacial score (nSPS) is 10.0. The van der Waals surface area contributed by atoms with Crippen LogP contribution in [0.1, 0.15) is 5.56 Å². The number of hydrogen-bond donors (Lipinski definition) is 0. The molecule has 1 aromatic heterocycles. The first-order chi connectivity index (χ1) is 6.45. The topological polar surface area (TPSA) is 3.88 Å². The average Bonchev–Trinajstić information content (AvgIpc) is 2.69. The van der Waals surface area contributed by atoms with Crippen LogP contribution in [0.3, 0.4) is 0 Å². The van der Waals surface area contributed by atoms with Crippen molar-refractivity contribution >= 4 is 23.6 Å². The Bertz CT molecular complexity index is 381. The van der Waals surface area contributed by atoms with Crippen molar-refractivity contribution in [2.45, 2.75) is 0 Å². The van der Waals surface area contributed by atoms with Gasteiger partial charge in [0.2, 0.25) is 5.51 Å². The highest BCUT2D eigenvalue weighted by Crippen LogP contribution is 2.00. The Morgan fingerprint density at radius 3 is 2.57 bits per heavy atom. The molecule has 0 fully saturated rings. The van der Waals surface area contributed by atoms with Crippen LogP contribution in [0.25, 0.3) is 12.3 Å². The average molecular weight is 268 g/mol. The molecular weight excluding hydrogens is 258 g/mol. The molecule has 0 spiro atoms. The van der Waals surface area contributed by atoms with E-state index in [0.29, 0.717) is 0 Å². The van der Waals surface area contributed by atoms with Crippen LogP contribution in [0.5, 0.6) is 0 Å². The Labute approximate surface area is 98.1 Å². The third-order valence-corrected chi connectivity index (χ3v) is 2.38. The SMILES string of the molecule is C(=C[n+]1ccsc1)c1ccccc1.[Br-]. The van der Waals surface area contributed by atoms with Gasteiger partial charge in [0.15, 0.2) is 12.4 Å². The summed E-state index contributed by atoms with van der Waals surface area (Å²) in [5, 5.41) is 2.05. The summed E-state index contributed by atoms with van der Waals surface area (Å²) in [6.07, 6.45) is 6.17. The molecule has 14 heavy (non-hydrogen) atoms. The number of benzene rings is 1. The Kier molecular flexibility index (Phi) is 4.56. The van der Waals surface area contributed by atoms with Crippen LogP contribution in [0, 0.1) is 0 Å². The standard InChI is InChI=1S/C11H10NS.BrH/c1-2-4-11(5-3-1)6-7-12-8-9-13-10-12;/h1-10H;1H/q+1;/p-1. The van der Waals surface area contributed by atoms with Crippen molar-refractivity contribution in [3.63, 3.8) is 0 Å². The molecule has 0 bridgehead atoms. The summed E-state index contributed by atoms with van der Waals surface area (Å²) < 4.78 is 2.04. The summed E-state index contributed by atoms with van der Waals surface area (Å²) in [6, 6.07) is 10.3. The lowest BCUT2D eigenvalue weighted by atomic mass is 10.2. The van der Waals surface area contributed by atoms with E-state index in [4.69, 9.17) is 0 Å². The number of rotatable bonds is 2. The van der Waals surface area contributed by atoms with Crippen molar-refractivity contribution in [3.8, 4) is 0 Å². The van der Waals surface area contributed by atoms with Crippen LogP contribution in [-0.4, -0.2) is 0 Å². The zero-order valence-electron chi connectivity index (χ0n) is 7.51. The Balaban J connectivity index is 0.000000980. The molecule has 0 aliphatic carbocycles. The van der Waals surface area contributed by atoms with E-state index < -0.39 is 0 Å². The van der Waals surface area contributed by atoms with Crippen molar-refractivity contribution in [1.29, 1.82) is 0 Å². The molecule has 2 aromatic rings. The van der Waals surface area contributed by atoms with Crippen molar-refractivity contribution in [3.05, 3.63) is 53.0 Å². The van der Waals surface area contributed by atoms with Crippen LogP contribution < -0.4 is 21.5 Å². The predicted octanol–water partition coefficient (Wildman–Crippen LogP) is -0.333. The van der Waals surface area contributed by atoms with Crippen molar-refractivity contribution in [2.75, 3.05) is 0 Å². The van der Waals surface area contributed by atoms with Gasteiger partial charge in [-0.2, -0.15) is 4.57 Å². The van der Waals surface area contributed by atoms with E-state index in [1.807, 2.05) is 35.2 Å². The zero-order valence-corrected chi connectivity index (χ0v) is 9.91. The third kappa shape index (κ3) is 3.09. The maximum atomic E-state index is 2.09. The van der Waals surface area contributed by atoms with E-state index in [2.05, 4.69) is 29.1 Å². The van der Waals surface area contributed by atoms with Crippen LogP contribution in [-0.2, 0) is 0 Å². The van der Waals surface area contributed by atoms with Gasteiger partial charge in [0, 0.05) is 6.08 Å². The van der Waals surface area contributed by atoms with E-state index in [0.717, 1.165) is 0 Å². The molecule has 1 heterocycles. The lowest BCUT2D eigenvalue weighted by Gasteiger charge is -1.87. The molecule has 2 rings (SSSR count). The van der Waals surface area contributed by atoms with Crippen molar-refractivity contribution < 1.29 is 21.5 Å². The van der Waals surface area contributed by atoms with Gasteiger partial charge >= 0.3 is 0 Å². The molecule has 0 radical (unpaired) electrons. The summed E-state index contributed by atoms with van der Waals surface area (Å²) in [7, 11) is 0.